The van der Waals surface area contributed by atoms with Crippen LogP contribution in [0.1, 0.15) is 298 Å². The molecular weight excluding hydrogens is 745 g/mol. The highest BCUT2D eigenvalue weighted by atomic mass is 16.6. The van der Waals surface area contributed by atoms with Crippen molar-refractivity contribution in [2.75, 3.05) is 13.2 Å². The molecule has 0 bridgehead atoms. The summed E-state index contributed by atoms with van der Waals surface area (Å²) in [7, 11) is 0. The maximum Gasteiger partial charge on any atom is 0.306 e. The van der Waals surface area contributed by atoms with E-state index in [2.05, 4.69) is 34.6 Å². The van der Waals surface area contributed by atoms with E-state index in [0.29, 0.717) is 19.3 Å². The topological polar surface area (TPSA) is 78.9 Å². The van der Waals surface area contributed by atoms with E-state index in [0.717, 1.165) is 69.6 Å². The Kier molecular flexibility index (Phi) is 45.7. The molecular formula is C54H104O6. The lowest BCUT2D eigenvalue weighted by atomic mass is 10.0. The molecule has 0 aliphatic heterocycles. The molecule has 0 aromatic rings. The first-order valence-corrected chi connectivity index (χ1v) is 26.7. The molecule has 0 aliphatic rings. The van der Waals surface area contributed by atoms with Crippen molar-refractivity contribution in [2.24, 2.45) is 11.8 Å². The molecule has 0 N–H and O–H groups in total. The van der Waals surface area contributed by atoms with Gasteiger partial charge >= 0.3 is 17.9 Å². The predicted octanol–water partition coefficient (Wildman–Crippen LogP) is 17.3. The molecule has 60 heavy (non-hydrogen) atoms. The minimum atomic E-state index is -0.762. The largest absolute Gasteiger partial charge is 0.462 e. The molecule has 0 heterocycles. The van der Waals surface area contributed by atoms with E-state index in [1.54, 1.807) is 0 Å². The summed E-state index contributed by atoms with van der Waals surface area (Å²) in [5.41, 5.74) is 0. The van der Waals surface area contributed by atoms with E-state index >= 15 is 0 Å². The third kappa shape index (κ3) is 47.5. The summed E-state index contributed by atoms with van der Waals surface area (Å²) in [5, 5.41) is 0. The summed E-state index contributed by atoms with van der Waals surface area (Å²) in [6.45, 7) is 11.3. The van der Waals surface area contributed by atoms with Gasteiger partial charge in [-0.2, -0.15) is 0 Å². The average molecular weight is 849 g/mol. The number of rotatable bonds is 48. The Morgan fingerprint density at radius 3 is 0.817 bits per heavy atom. The molecule has 0 saturated carbocycles. The molecule has 0 spiro atoms. The van der Waals surface area contributed by atoms with Crippen LogP contribution in [0, 0.1) is 11.8 Å². The van der Waals surface area contributed by atoms with Crippen molar-refractivity contribution < 1.29 is 28.6 Å². The van der Waals surface area contributed by atoms with Crippen molar-refractivity contribution in [1.29, 1.82) is 0 Å². The van der Waals surface area contributed by atoms with Crippen LogP contribution in [0.4, 0.5) is 0 Å². The second-order valence-corrected chi connectivity index (χ2v) is 19.5. The third-order valence-corrected chi connectivity index (χ3v) is 12.2. The van der Waals surface area contributed by atoms with Gasteiger partial charge in [0.25, 0.3) is 0 Å². The first kappa shape index (κ1) is 58.4. The molecule has 0 aromatic heterocycles. The smallest absolute Gasteiger partial charge is 0.306 e. The number of esters is 3. The number of hydrogen-bond donors (Lipinski definition) is 0. The normalized spacial score (nSPS) is 12.1. The summed E-state index contributed by atoms with van der Waals surface area (Å²) in [6.07, 6.45) is 48.2. The third-order valence-electron chi connectivity index (χ3n) is 12.2. The lowest BCUT2D eigenvalue weighted by molar-refractivity contribution is -0.167. The maximum absolute atomic E-state index is 12.7. The zero-order valence-corrected chi connectivity index (χ0v) is 41.1. The number of ether oxygens (including phenoxy) is 3. The van der Waals surface area contributed by atoms with Crippen LogP contribution in [0.2, 0.25) is 0 Å². The van der Waals surface area contributed by atoms with Crippen molar-refractivity contribution in [2.45, 2.75) is 304 Å². The minimum absolute atomic E-state index is 0.0645. The Morgan fingerprint density at radius 2 is 0.550 bits per heavy atom. The second-order valence-electron chi connectivity index (χ2n) is 19.5. The number of carbonyl (C=O) groups is 3. The van der Waals surface area contributed by atoms with Crippen molar-refractivity contribution in [3.63, 3.8) is 0 Å². The first-order chi connectivity index (χ1) is 29.2. The van der Waals surface area contributed by atoms with Crippen LogP contribution in [0.5, 0.6) is 0 Å². The molecule has 0 amide bonds. The summed E-state index contributed by atoms with van der Waals surface area (Å²) in [6, 6.07) is 0. The Balaban J connectivity index is 4.22. The van der Waals surface area contributed by atoms with E-state index in [1.807, 2.05) is 0 Å². The van der Waals surface area contributed by atoms with E-state index in [9.17, 15) is 14.4 Å². The molecule has 0 fully saturated rings. The van der Waals surface area contributed by atoms with Crippen LogP contribution in [0.15, 0.2) is 0 Å². The van der Waals surface area contributed by atoms with Crippen molar-refractivity contribution in [3.05, 3.63) is 0 Å². The van der Waals surface area contributed by atoms with E-state index in [1.165, 1.54) is 186 Å². The van der Waals surface area contributed by atoms with Gasteiger partial charge in [-0.15, -0.1) is 0 Å². The zero-order valence-electron chi connectivity index (χ0n) is 41.1. The second kappa shape index (κ2) is 46.9. The summed E-state index contributed by atoms with van der Waals surface area (Å²) >= 11 is 0. The van der Waals surface area contributed by atoms with Crippen LogP contribution in [-0.4, -0.2) is 37.2 Å². The summed E-state index contributed by atoms with van der Waals surface area (Å²) < 4.78 is 16.8. The predicted molar refractivity (Wildman–Crippen MR) is 256 cm³/mol. The SMILES string of the molecule is CCCCCCCCCCCCCCCCCCCC(=O)OC[C@H](COC(=O)CCCCCCCCCCCCCCCC(C)C)OC(=O)CCCCCCCCC(C)C. The van der Waals surface area contributed by atoms with Crippen molar-refractivity contribution in [3.8, 4) is 0 Å². The van der Waals surface area contributed by atoms with E-state index in [-0.39, 0.29) is 31.1 Å². The highest BCUT2D eigenvalue weighted by Crippen LogP contribution is 2.17. The Labute approximate surface area is 374 Å². The fourth-order valence-electron chi connectivity index (χ4n) is 8.17. The highest BCUT2D eigenvalue weighted by molar-refractivity contribution is 5.71. The summed E-state index contributed by atoms with van der Waals surface area (Å²) in [5.74, 6) is 0.747. The minimum Gasteiger partial charge on any atom is -0.462 e. The molecule has 0 radical (unpaired) electrons. The zero-order chi connectivity index (χ0) is 44.0. The van der Waals surface area contributed by atoms with Gasteiger partial charge in [-0.3, -0.25) is 14.4 Å². The average Bonchev–Trinajstić information content (AvgIpc) is 3.22. The van der Waals surface area contributed by atoms with E-state index in [4.69, 9.17) is 14.2 Å². The van der Waals surface area contributed by atoms with Gasteiger partial charge in [0.15, 0.2) is 6.10 Å². The standard InChI is InChI=1S/C54H104O6/c1-6-7-8-9-10-11-12-13-14-15-16-19-22-25-28-34-39-44-52(55)58-47-51(60-54(57)46-41-36-31-30-33-38-43-50(4)5)48-59-53(56)45-40-35-29-26-23-20-17-18-21-24-27-32-37-42-49(2)3/h49-51H,6-48H2,1-5H3/t51-/m1/s1. The quantitative estimate of drug-likeness (QED) is 0.0345. The molecule has 6 nitrogen and oxygen atoms in total. The van der Waals surface area contributed by atoms with Gasteiger partial charge in [0, 0.05) is 19.3 Å². The van der Waals surface area contributed by atoms with Crippen LogP contribution < -0.4 is 0 Å². The molecule has 1 atom stereocenters. The van der Waals surface area contributed by atoms with Gasteiger partial charge in [-0.1, -0.05) is 259 Å². The lowest BCUT2D eigenvalue weighted by Crippen LogP contribution is -2.30. The first-order valence-electron chi connectivity index (χ1n) is 26.7. The molecule has 0 aromatic carbocycles. The van der Waals surface area contributed by atoms with Gasteiger partial charge in [-0.25, -0.2) is 0 Å². The van der Waals surface area contributed by atoms with Gasteiger partial charge < -0.3 is 14.2 Å². The van der Waals surface area contributed by atoms with Gasteiger partial charge in [0.2, 0.25) is 0 Å². The molecule has 0 aliphatic carbocycles. The van der Waals surface area contributed by atoms with Gasteiger partial charge in [0.1, 0.15) is 13.2 Å². The van der Waals surface area contributed by atoms with Crippen LogP contribution >= 0.6 is 0 Å². The molecule has 0 saturated heterocycles. The number of hydrogen-bond acceptors (Lipinski definition) is 6. The van der Waals surface area contributed by atoms with Crippen molar-refractivity contribution in [1.82, 2.24) is 0 Å². The monoisotopic (exact) mass is 849 g/mol. The fraction of sp³-hybridized carbons (Fsp3) is 0.944. The molecule has 0 rings (SSSR count). The number of carbonyl (C=O) groups excluding carboxylic acids is 3. The van der Waals surface area contributed by atoms with Crippen molar-refractivity contribution >= 4 is 17.9 Å². The van der Waals surface area contributed by atoms with E-state index < -0.39 is 6.10 Å². The molecule has 356 valence electrons. The summed E-state index contributed by atoms with van der Waals surface area (Å²) in [4.78, 5) is 37.9. The van der Waals surface area contributed by atoms with Crippen LogP contribution in [-0.2, 0) is 28.6 Å². The molecule has 6 heteroatoms. The fourth-order valence-corrected chi connectivity index (χ4v) is 8.17. The highest BCUT2D eigenvalue weighted by Gasteiger charge is 2.19. The van der Waals surface area contributed by atoms with Gasteiger partial charge in [0.05, 0.1) is 0 Å². The Hall–Kier alpha value is -1.59. The lowest BCUT2D eigenvalue weighted by Gasteiger charge is -2.18. The van der Waals surface area contributed by atoms with Crippen LogP contribution in [0.25, 0.3) is 0 Å². The van der Waals surface area contributed by atoms with Gasteiger partial charge in [-0.05, 0) is 31.1 Å². The Bertz CT molecular complexity index is 916. The number of unbranched alkanes of at least 4 members (excludes halogenated alkanes) is 33. The Morgan fingerprint density at radius 1 is 0.317 bits per heavy atom. The molecule has 0 unspecified atom stereocenters. The van der Waals surface area contributed by atoms with Crippen LogP contribution in [0.3, 0.4) is 0 Å². The maximum atomic E-state index is 12.7.